The average Bonchev–Trinajstić information content (AvgIpc) is 2.47. The summed E-state index contributed by atoms with van der Waals surface area (Å²) >= 11 is 0. The molecule has 2 unspecified atom stereocenters. The molecule has 1 fully saturated rings. The van der Waals surface area contributed by atoms with E-state index in [1.807, 2.05) is 0 Å². The fourth-order valence-electron chi connectivity index (χ4n) is 2.83. The van der Waals surface area contributed by atoms with Gasteiger partial charge in [0.05, 0.1) is 32.0 Å². The second-order valence-electron chi connectivity index (χ2n) is 4.95. The quantitative estimate of drug-likeness (QED) is 0.845. The van der Waals surface area contributed by atoms with Gasteiger partial charge in [-0.1, -0.05) is 24.3 Å². The zero-order valence-corrected chi connectivity index (χ0v) is 10.5. The molecular formula is C14H20N2O2. The molecule has 0 saturated carbocycles. The Labute approximate surface area is 108 Å². The molecule has 0 radical (unpaired) electrons. The summed E-state index contributed by atoms with van der Waals surface area (Å²) in [5.74, 6) is 0. The lowest BCUT2D eigenvalue weighted by Crippen LogP contribution is -2.48. The van der Waals surface area contributed by atoms with Crippen molar-refractivity contribution in [1.82, 2.24) is 4.90 Å². The Bertz CT molecular complexity index is 411. The highest BCUT2D eigenvalue weighted by Crippen LogP contribution is 2.30. The summed E-state index contributed by atoms with van der Waals surface area (Å²) in [5, 5.41) is 0. The predicted octanol–water partition coefficient (Wildman–Crippen LogP) is 0.917. The second kappa shape index (κ2) is 5.36. The summed E-state index contributed by atoms with van der Waals surface area (Å²) in [5.41, 5.74) is 8.42. The van der Waals surface area contributed by atoms with Gasteiger partial charge in [0, 0.05) is 19.6 Å². The van der Waals surface area contributed by atoms with E-state index in [0.29, 0.717) is 12.6 Å². The third-order valence-corrected chi connectivity index (χ3v) is 3.82. The first-order valence-electron chi connectivity index (χ1n) is 6.59. The number of morpholine rings is 1. The van der Waals surface area contributed by atoms with Crippen LogP contribution in [0.5, 0.6) is 0 Å². The largest absolute Gasteiger partial charge is 0.375 e. The lowest BCUT2D eigenvalue weighted by Gasteiger charge is -2.40. The summed E-state index contributed by atoms with van der Waals surface area (Å²) in [6.45, 7) is 4.72. The molecule has 0 spiro atoms. The molecule has 2 aliphatic heterocycles. The van der Waals surface area contributed by atoms with Gasteiger partial charge in [-0.05, 0) is 11.1 Å². The first-order valence-corrected chi connectivity index (χ1v) is 6.59. The molecule has 0 aliphatic carbocycles. The Morgan fingerprint density at radius 1 is 1.33 bits per heavy atom. The van der Waals surface area contributed by atoms with Gasteiger partial charge in [0.2, 0.25) is 0 Å². The number of hydrogen-bond acceptors (Lipinski definition) is 4. The lowest BCUT2D eigenvalue weighted by atomic mass is 9.97. The Balaban J connectivity index is 1.80. The minimum atomic E-state index is 0.160. The van der Waals surface area contributed by atoms with Crippen molar-refractivity contribution in [3.05, 3.63) is 35.4 Å². The maximum absolute atomic E-state index is 5.72. The Morgan fingerprint density at radius 3 is 3.11 bits per heavy atom. The van der Waals surface area contributed by atoms with Gasteiger partial charge in [0.25, 0.3) is 0 Å². The van der Waals surface area contributed by atoms with Crippen LogP contribution in [0.2, 0.25) is 0 Å². The molecule has 0 amide bonds. The molecule has 98 valence electrons. The summed E-state index contributed by atoms with van der Waals surface area (Å²) < 4.78 is 11.3. The highest BCUT2D eigenvalue weighted by atomic mass is 16.5. The molecule has 0 aromatic heterocycles. The molecule has 2 aliphatic rings. The topological polar surface area (TPSA) is 47.7 Å². The van der Waals surface area contributed by atoms with Crippen LogP contribution in [0, 0.1) is 0 Å². The van der Waals surface area contributed by atoms with Crippen LogP contribution < -0.4 is 5.73 Å². The van der Waals surface area contributed by atoms with Gasteiger partial charge in [-0.25, -0.2) is 0 Å². The van der Waals surface area contributed by atoms with Crippen molar-refractivity contribution < 1.29 is 9.47 Å². The SMILES string of the molecule is NCC1CN(C2COCc3ccccc32)CCO1. The minimum Gasteiger partial charge on any atom is -0.375 e. The Hall–Kier alpha value is -0.940. The van der Waals surface area contributed by atoms with Crippen LogP contribution in [0.4, 0.5) is 0 Å². The van der Waals surface area contributed by atoms with Gasteiger partial charge >= 0.3 is 0 Å². The minimum absolute atomic E-state index is 0.160. The van der Waals surface area contributed by atoms with Crippen LogP contribution >= 0.6 is 0 Å². The van der Waals surface area contributed by atoms with Crippen LogP contribution in [0.1, 0.15) is 17.2 Å². The van der Waals surface area contributed by atoms with Crippen molar-refractivity contribution in [2.75, 3.05) is 32.8 Å². The average molecular weight is 248 g/mol. The number of ether oxygens (including phenoxy) is 2. The van der Waals surface area contributed by atoms with Crippen molar-refractivity contribution in [3.8, 4) is 0 Å². The molecular weight excluding hydrogens is 228 g/mol. The van der Waals surface area contributed by atoms with Gasteiger partial charge in [0.1, 0.15) is 0 Å². The lowest BCUT2D eigenvalue weighted by molar-refractivity contribution is -0.0603. The molecule has 4 nitrogen and oxygen atoms in total. The molecule has 2 heterocycles. The number of nitrogens with two attached hydrogens (primary N) is 1. The first kappa shape index (κ1) is 12.1. The number of fused-ring (bicyclic) bond motifs is 1. The molecule has 1 saturated heterocycles. The number of nitrogens with zero attached hydrogens (tertiary/aromatic N) is 1. The van der Waals surface area contributed by atoms with E-state index in [0.717, 1.165) is 32.9 Å². The third-order valence-electron chi connectivity index (χ3n) is 3.82. The Kier molecular flexibility index (Phi) is 3.61. The smallest absolute Gasteiger partial charge is 0.0824 e. The summed E-state index contributed by atoms with van der Waals surface area (Å²) in [6.07, 6.45) is 0.160. The van der Waals surface area contributed by atoms with Gasteiger partial charge in [-0.15, -0.1) is 0 Å². The normalized spacial score (nSPS) is 28.9. The second-order valence-corrected chi connectivity index (χ2v) is 4.95. The van der Waals surface area contributed by atoms with E-state index in [4.69, 9.17) is 15.2 Å². The number of rotatable bonds is 2. The van der Waals surface area contributed by atoms with E-state index in [2.05, 4.69) is 29.2 Å². The van der Waals surface area contributed by atoms with Gasteiger partial charge in [-0.3, -0.25) is 4.90 Å². The summed E-state index contributed by atoms with van der Waals surface area (Å²) in [6, 6.07) is 8.91. The first-order chi connectivity index (χ1) is 8.88. The molecule has 1 aromatic rings. The van der Waals surface area contributed by atoms with E-state index in [1.54, 1.807) is 0 Å². The van der Waals surface area contributed by atoms with Crippen LogP contribution in [-0.2, 0) is 16.1 Å². The van der Waals surface area contributed by atoms with E-state index in [-0.39, 0.29) is 6.10 Å². The van der Waals surface area contributed by atoms with E-state index in [9.17, 15) is 0 Å². The number of benzene rings is 1. The molecule has 2 N–H and O–H groups in total. The van der Waals surface area contributed by atoms with Gasteiger partial charge in [-0.2, -0.15) is 0 Å². The third kappa shape index (κ3) is 2.29. The molecule has 3 rings (SSSR count). The van der Waals surface area contributed by atoms with Crippen LogP contribution in [0.25, 0.3) is 0 Å². The summed E-state index contributed by atoms with van der Waals surface area (Å²) in [7, 11) is 0. The van der Waals surface area contributed by atoms with Gasteiger partial charge in [0.15, 0.2) is 0 Å². The van der Waals surface area contributed by atoms with Gasteiger partial charge < -0.3 is 15.2 Å². The van der Waals surface area contributed by atoms with Crippen molar-refractivity contribution in [3.63, 3.8) is 0 Å². The standard InChI is InChI=1S/C14H20N2O2/c15-7-12-8-16(5-6-18-12)14-10-17-9-11-3-1-2-4-13(11)14/h1-4,12,14H,5-10,15H2. The molecule has 4 heteroatoms. The molecule has 2 atom stereocenters. The van der Waals surface area contributed by atoms with Crippen LogP contribution in [0.3, 0.4) is 0 Å². The number of hydrogen-bond donors (Lipinski definition) is 1. The highest BCUT2D eigenvalue weighted by Gasteiger charge is 2.30. The van der Waals surface area contributed by atoms with Crippen LogP contribution in [-0.4, -0.2) is 43.9 Å². The van der Waals surface area contributed by atoms with Crippen molar-refractivity contribution >= 4 is 0 Å². The van der Waals surface area contributed by atoms with Crippen molar-refractivity contribution in [2.24, 2.45) is 5.73 Å². The fraction of sp³-hybridized carbons (Fsp3) is 0.571. The fourth-order valence-corrected chi connectivity index (χ4v) is 2.83. The Morgan fingerprint density at radius 2 is 2.22 bits per heavy atom. The van der Waals surface area contributed by atoms with E-state index in [1.165, 1.54) is 11.1 Å². The summed E-state index contributed by atoms with van der Waals surface area (Å²) in [4.78, 5) is 2.44. The maximum Gasteiger partial charge on any atom is 0.0824 e. The molecule has 1 aromatic carbocycles. The zero-order valence-electron chi connectivity index (χ0n) is 10.5. The van der Waals surface area contributed by atoms with E-state index >= 15 is 0 Å². The highest BCUT2D eigenvalue weighted by molar-refractivity contribution is 5.31. The maximum atomic E-state index is 5.72. The molecule has 0 bridgehead atoms. The van der Waals surface area contributed by atoms with Crippen LogP contribution in [0.15, 0.2) is 24.3 Å². The van der Waals surface area contributed by atoms with E-state index < -0.39 is 0 Å². The van der Waals surface area contributed by atoms with Crippen molar-refractivity contribution in [1.29, 1.82) is 0 Å². The molecule has 18 heavy (non-hydrogen) atoms. The zero-order chi connectivity index (χ0) is 12.4. The van der Waals surface area contributed by atoms with Crippen molar-refractivity contribution in [2.45, 2.75) is 18.8 Å². The predicted molar refractivity (Wildman–Crippen MR) is 69.2 cm³/mol. The monoisotopic (exact) mass is 248 g/mol.